The molecule has 0 aromatic rings. The zero-order valence-electron chi connectivity index (χ0n) is 18.3. The van der Waals surface area contributed by atoms with E-state index in [1.165, 1.54) is 116 Å². The topological polar surface area (TPSA) is 46.5 Å². The first kappa shape index (κ1) is 26.4. The van der Waals surface area contributed by atoms with Crippen molar-refractivity contribution in [3.05, 3.63) is 0 Å². The molecule has 0 atom stereocenters. The van der Waals surface area contributed by atoms with Crippen molar-refractivity contribution in [1.29, 1.82) is 0 Å². The molecule has 0 heterocycles. The molecule has 0 rings (SSSR count). The second kappa shape index (κ2) is 23.5. The second-order valence-corrected chi connectivity index (χ2v) is 8.10. The van der Waals surface area contributed by atoms with Crippen LogP contribution >= 0.6 is 0 Å². The first-order valence-electron chi connectivity index (χ1n) is 12.1. The highest BCUT2D eigenvalue weighted by Crippen LogP contribution is 2.14. The molecule has 0 aliphatic carbocycles. The van der Waals surface area contributed by atoms with Crippen LogP contribution in [0.4, 0.5) is 0 Å². The molecule has 162 valence electrons. The molecule has 0 fully saturated rings. The van der Waals surface area contributed by atoms with Gasteiger partial charge in [0.15, 0.2) is 0 Å². The van der Waals surface area contributed by atoms with Gasteiger partial charge in [0, 0.05) is 0 Å². The van der Waals surface area contributed by atoms with E-state index < -0.39 is 12.6 Å². The summed E-state index contributed by atoms with van der Waals surface area (Å²) in [5.41, 5.74) is 0. The second-order valence-electron chi connectivity index (χ2n) is 8.10. The Kier molecular flexibility index (Phi) is 23.0. The minimum atomic E-state index is -0.507. The third-order valence-corrected chi connectivity index (χ3v) is 5.39. The quantitative estimate of drug-likeness (QED) is 0.157. The number of unbranched alkanes of at least 4 members (excludes halogenated alkanes) is 19. The van der Waals surface area contributed by atoms with Crippen LogP contribution in [0.3, 0.4) is 0 Å². The number of ether oxygens (including phenoxy) is 1. The normalized spacial score (nSPS) is 11.0. The van der Waals surface area contributed by atoms with Gasteiger partial charge in [0.1, 0.15) is 6.61 Å². The van der Waals surface area contributed by atoms with Crippen molar-refractivity contribution >= 4 is 5.97 Å². The third kappa shape index (κ3) is 23.4. The molecule has 0 aliphatic heterocycles. The van der Waals surface area contributed by atoms with Gasteiger partial charge in [-0.1, -0.05) is 129 Å². The Morgan fingerprint density at radius 1 is 0.556 bits per heavy atom. The molecular formula is C24H48O3. The van der Waals surface area contributed by atoms with E-state index in [-0.39, 0.29) is 0 Å². The van der Waals surface area contributed by atoms with E-state index in [9.17, 15) is 4.79 Å². The van der Waals surface area contributed by atoms with Gasteiger partial charge >= 0.3 is 5.97 Å². The van der Waals surface area contributed by atoms with Crippen molar-refractivity contribution in [2.24, 2.45) is 0 Å². The molecule has 0 spiro atoms. The van der Waals surface area contributed by atoms with Crippen molar-refractivity contribution in [2.45, 2.75) is 135 Å². The smallest absolute Gasteiger partial charge is 0.331 e. The summed E-state index contributed by atoms with van der Waals surface area (Å²) in [5, 5.41) is 8.53. The van der Waals surface area contributed by atoms with Crippen LogP contribution in [0.1, 0.15) is 135 Å². The van der Waals surface area contributed by atoms with E-state index in [0.29, 0.717) is 6.61 Å². The monoisotopic (exact) mass is 384 g/mol. The molecular weight excluding hydrogens is 336 g/mol. The van der Waals surface area contributed by atoms with E-state index in [1.807, 2.05) is 0 Å². The first-order valence-corrected chi connectivity index (χ1v) is 12.1. The van der Waals surface area contributed by atoms with Gasteiger partial charge in [0.2, 0.25) is 0 Å². The lowest BCUT2D eigenvalue weighted by Gasteiger charge is -2.04. The summed E-state index contributed by atoms with van der Waals surface area (Å²) in [4.78, 5) is 10.7. The van der Waals surface area contributed by atoms with Crippen molar-refractivity contribution in [3.63, 3.8) is 0 Å². The molecule has 27 heavy (non-hydrogen) atoms. The van der Waals surface area contributed by atoms with Crippen LogP contribution < -0.4 is 0 Å². The molecule has 0 aromatic heterocycles. The minimum absolute atomic E-state index is 0.457. The van der Waals surface area contributed by atoms with E-state index in [1.54, 1.807) is 0 Å². The largest absolute Gasteiger partial charge is 0.464 e. The highest BCUT2D eigenvalue weighted by molar-refractivity contribution is 5.70. The van der Waals surface area contributed by atoms with Gasteiger partial charge in [-0.15, -0.1) is 0 Å². The molecule has 1 N–H and O–H groups in total. The van der Waals surface area contributed by atoms with Crippen LogP contribution in [0.5, 0.6) is 0 Å². The van der Waals surface area contributed by atoms with Gasteiger partial charge in [-0.2, -0.15) is 0 Å². The Morgan fingerprint density at radius 3 is 1.15 bits per heavy atom. The Morgan fingerprint density at radius 2 is 0.852 bits per heavy atom. The highest BCUT2D eigenvalue weighted by Gasteiger charge is 1.98. The molecule has 3 heteroatoms. The number of carbonyl (C=O) groups is 1. The minimum Gasteiger partial charge on any atom is -0.464 e. The van der Waals surface area contributed by atoms with Crippen molar-refractivity contribution in [2.75, 3.05) is 13.2 Å². The van der Waals surface area contributed by atoms with Gasteiger partial charge in [0.05, 0.1) is 6.61 Å². The Balaban J connectivity index is 3.00. The summed E-state index contributed by atoms with van der Waals surface area (Å²) in [7, 11) is 0. The van der Waals surface area contributed by atoms with Crippen LogP contribution in [0.2, 0.25) is 0 Å². The van der Waals surface area contributed by atoms with E-state index >= 15 is 0 Å². The summed E-state index contributed by atoms with van der Waals surface area (Å²) in [6.45, 7) is 2.24. The SMILES string of the molecule is CCCCCCCCCCCCCCCCCCCCCCOC(=O)CO. The predicted octanol–water partition coefficient (Wildman–Crippen LogP) is 7.34. The summed E-state index contributed by atoms with van der Waals surface area (Å²) >= 11 is 0. The maximum atomic E-state index is 10.7. The van der Waals surface area contributed by atoms with Crippen LogP contribution in [-0.2, 0) is 9.53 Å². The molecule has 0 bridgehead atoms. The van der Waals surface area contributed by atoms with Gasteiger partial charge in [-0.05, 0) is 6.42 Å². The number of hydrogen-bond acceptors (Lipinski definition) is 3. The third-order valence-electron chi connectivity index (χ3n) is 5.39. The Bertz CT molecular complexity index is 291. The lowest BCUT2D eigenvalue weighted by molar-refractivity contribution is -0.147. The number of aliphatic hydroxyl groups excluding tert-OH is 1. The molecule has 0 aliphatic rings. The van der Waals surface area contributed by atoms with E-state index in [2.05, 4.69) is 6.92 Å². The average molecular weight is 385 g/mol. The summed E-state index contributed by atoms with van der Waals surface area (Å²) in [6, 6.07) is 0. The zero-order chi connectivity index (χ0) is 19.8. The fourth-order valence-electron chi connectivity index (χ4n) is 3.59. The molecule has 0 aromatic carbocycles. The van der Waals surface area contributed by atoms with Crippen LogP contribution in [0, 0.1) is 0 Å². The average Bonchev–Trinajstić information content (AvgIpc) is 2.68. The van der Waals surface area contributed by atoms with Gasteiger partial charge in [-0.3, -0.25) is 0 Å². The zero-order valence-corrected chi connectivity index (χ0v) is 18.3. The van der Waals surface area contributed by atoms with Crippen LogP contribution in [0.15, 0.2) is 0 Å². The summed E-state index contributed by atoms with van der Waals surface area (Å²) in [6.07, 6.45) is 27.3. The molecule has 0 unspecified atom stereocenters. The van der Waals surface area contributed by atoms with Gasteiger partial charge in [-0.25, -0.2) is 4.79 Å². The van der Waals surface area contributed by atoms with Crippen LogP contribution in [0.25, 0.3) is 0 Å². The van der Waals surface area contributed by atoms with Crippen molar-refractivity contribution < 1.29 is 14.6 Å². The highest BCUT2D eigenvalue weighted by atomic mass is 16.5. The maximum Gasteiger partial charge on any atom is 0.331 e. The predicted molar refractivity (Wildman–Crippen MR) is 116 cm³/mol. The lowest BCUT2D eigenvalue weighted by atomic mass is 10.0. The lowest BCUT2D eigenvalue weighted by Crippen LogP contribution is -2.09. The number of rotatable bonds is 22. The summed E-state index contributed by atoms with van der Waals surface area (Å²) < 4.78 is 4.84. The molecule has 0 saturated heterocycles. The molecule has 3 nitrogen and oxygen atoms in total. The maximum absolute atomic E-state index is 10.7. The molecule has 0 amide bonds. The van der Waals surface area contributed by atoms with Gasteiger partial charge < -0.3 is 9.84 Å². The first-order chi connectivity index (χ1) is 13.3. The van der Waals surface area contributed by atoms with E-state index in [0.717, 1.165) is 12.8 Å². The number of esters is 1. The van der Waals surface area contributed by atoms with Crippen LogP contribution in [-0.4, -0.2) is 24.3 Å². The summed E-state index contributed by atoms with van der Waals surface area (Å²) in [5.74, 6) is -0.507. The standard InChI is InChI=1S/C24H48O3/c1-2-3-4-5-6-7-8-9-10-11-12-13-14-15-16-17-18-19-20-21-22-27-24(26)23-25/h25H,2-23H2,1H3. The fourth-order valence-corrected chi connectivity index (χ4v) is 3.59. The van der Waals surface area contributed by atoms with Gasteiger partial charge in [0.25, 0.3) is 0 Å². The van der Waals surface area contributed by atoms with Crippen molar-refractivity contribution in [1.82, 2.24) is 0 Å². The Labute approximate surface area is 169 Å². The molecule has 0 radical (unpaired) electrons. The number of aliphatic hydroxyl groups is 1. The number of carbonyl (C=O) groups excluding carboxylic acids is 1. The fraction of sp³-hybridized carbons (Fsp3) is 0.958. The number of hydrogen-bond donors (Lipinski definition) is 1. The van der Waals surface area contributed by atoms with Crippen molar-refractivity contribution in [3.8, 4) is 0 Å². The molecule has 0 saturated carbocycles. The Hall–Kier alpha value is -0.570. The van der Waals surface area contributed by atoms with E-state index in [4.69, 9.17) is 9.84 Å².